The molecule has 8 heteroatoms. The van der Waals surface area contributed by atoms with E-state index < -0.39 is 0 Å². The first-order valence-electron chi connectivity index (χ1n) is 9.74. The summed E-state index contributed by atoms with van der Waals surface area (Å²) in [6.45, 7) is 2.28. The van der Waals surface area contributed by atoms with Crippen molar-refractivity contribution in [3.05, 3.63) is 47.8 Å². The fraction of sp³-hybridized carbons (Fsp3) is 0.273. The highest BCUT2D eigenvalue weighted by Crippen LogP contribution is 2.42. The second-order valence-electron chi connectivity index (χ2n) is 7.02. The van der Waals surface area contributed by atoms with Gasteiger partial charge in [0.25, 0.3) is 5.91 Å². The van der Waals surface area contributed by atoms with E-state index in [2.05, 4.69) is 9.97 Å². The van der Waals surface area contributed by atoms with Crippen LogP contribution in [0.25, 0.3) is 22.7 Å². The Hall–Kier alpha value is -3.52. The van der Waals surface area contributed by atoms with Crippen LogP contribution in [0.4, 0.5) is 0 Å². The van der Waals surface area contributed by atoms with Gasteiger partial charge in [0, 0.05) is 13.1 Å². The van der Waals surface area contributed by atoms with E-state index in [0.717, 1.165) is 16.6 Å². The van der Waals surface area contributed by atoms with Crippen molar-refractivity contribution in [3.63, 3.8) is 0 Å². The Bertz CT molecular complexity index is 1100. The molecule has 1 fully saturated rings. The molecule has 2 aromatic carbocycles. The van der Waals surface area contributed by atoms with E-state index in [-0.39, 0.29) is 12.7 Å². The summed E-state index contributed by atoms with van der Waals surface area (Å²) in [5.41, 5.74) is 2.90. The van der Waals surface area contributed by atoms with Gasteiger partial charge in [-0.1, -0.05) is 12.1 Å². The number of ether oxygens (including phenoxy) is 4. The van der Waals surface area contributed by atoms with E-state index in [9.17, 15) is 4.79 Å². The normalized spacial score (nSPS) is 16.2. The van der Waals surface area contributed by atoms with Crippen molar-refractivity contribution < 1.29 is 23.7 Å². The number of H-pyrrole nitrogens is 1. The lowest BCUT2D eigenvalue weighted by Crippen LogP contribution is -2.41. The van der Waals surface area contributed by atoms with Crippen LogP contribution in [0.2, 0.25) is 0 Å². The predicted molar refractivity (Wildman–Crippen MR) is 110 cm³/mol. The minimum absolute atomic E-state index is 0.103. The number of morpholine rings is 1. The fourth-order valence-corrected chi connectivity index (χ4v) is 3.65. The molecule has 3 heterocycles. The van der Waals surface area contributed by atoms with Crippen molar-refractivity contribution in [3.8, 4) is 17.2 Å². The minimum Gasteiger partial charge on any atom is -0.493 e. The Labute approximate surface area is 173 Å². The van der Waals surface area contributed by atoms with Crippen molar-refractivity contribution in [1.82, 2.24) is 14.9 Å². The Morgan fingerprint density at radius 2 is 2.03 bits per heavy atom. The number of nitrogens with one attached hydrogen (secondary N) is 1. The van der Waals surface area contributed by atoms with E-state index in [1.54, 1.807) is 18.1 Å². The summed E-state index contributed by atoms with van der Waals surface area (Å²) in [4.78, 5) is 23.1. The van der Waals surface area contributed by atoms with E-state index in [1.165, 1.54) is 0 Å². The zero-order valence-electron chi connectivity index (χ0n) is 16.5. The molecule has 0 bridgehead atoms. The van der Waals surface area contributed by atoms with Crippen LogP contribution in [0.1, 0.15) is 11.4 Å². The molecule has 2 aliphatic heterocycles. The number of aromatic amines is 1. The molecule has 8 nitrogen and oxygen atoms in total. The van der Waals surface area contributed by atoms with Crippen LogP contribution in [0.3, 0.4) is 0 Å². The maximum atomic E-state index is 13.4. The predicted octanol–water partition coefficient (Wildman–Crippen LogP) is 2.70. The summed E-state index contributed by atoms with van der Waals surface area (Å²) < 4.78 is 21.8. The highest BCUT2D eigenvalue weighted by atomic mass is 16.7. The first kappa shape index (κ1) is 18.5. The second-order valence-corrected chi connectivity index (χ2v) is 7.02. The topological polar surface area (TPSA) is 85.9 Å². The average molecular weight is 407 g/mol. The molecular formula is C22H21N3O5. The van der Waals surface area contributed by atoms with E-state index >= 15 is 0 Å². The lowest BCUT2D eigenvalue weighted by Gasteiger charge is -2.27. The summed E-state index contributed by atoms with van der Waals surface area (Å²) >= 11 is 0. The highest BCUT2D eigenvalue weighted by molar-refractivity contribution is 6.23. The standard InChI is InChI=1S/C22H21N3O5/c1-27-18-11-14(12-19-20(18)30-13-29-19)10-15(22(26)25-6-8-28-9-7-25)21-23-16-4-2-3-5-17(16)24-21/h2-5,10-12H,6-9,13H2,1H3,(H,23,24). The Morgan fingerprint density at radius 3 is 2.83 bits per heavy atom. The van der Waals surface area contributed by atoms with Crippen molar-refractivity contribution in [2.45, 2.75) is 0 Å². The SMILES string of the molecule is COc1cc(C=C(C(=O)N2CCOCC2)c2nc3ccccc3[nH]2)cc2c1OCO2. The van der Waals surface area contributed by atoms with Crippen molar-refractivity contribution >= 4 is 28.6 Å². The third-order valence-electron chi connectivity index (χ3n) is 5.16. The summed E-state index contributed by atoms with van der Waals surface area (Å²) in [5, 5.41) is 0. The molecular weight excluding hydrogens is 386 g/mol. The molecule has 154 valence electrons. The van der Waals surface area contributed by atoms with Gasteiger partial charge in [0.2, 0.25) is 12.5 Å². The molecule has 0 aliphatic carbocycles. The van der Waals surface area contributed by atoms with Crippen LogP contribution >= 0.6 is 0 Å². The molecule has 1 aromatic heterocycles. The molecule has 1 saturated heterocycles. The van der Waals surface area contributed by atoms with E-state index in [0.29, 0.717) is 54.9 Å². The van der Waals surface area contributed by atoms with Gasteiger partial charge in [-0.2, -0.15) is 0 Å². The third kappa shape index (κ3) is 3.35. The number of benzene rings is 2. The molecule has 1 amide bonds. The minimum atomic E-state index is -0.103. The third-order valence-corrected chi connectivity index (χ3v) is 5.16. The molecule has 1 N–H and O–H groups in total. The zero-order chi connectivity index (χ0) is 20.5. The van der Waals surface area contributed by atoms with Gasteiger partial charge in [0.1, 0.15) is 5.82 Å². The summed E-state index contributed by atoms with van der Waals surface area (Å²) in [7, 11) is 1.57. The molecule has 0 radical (unpaired) electrons. The van der Waals surface area contributed by atoms with Crippen LogP contribution in [0.5, 0.6) is 17.2 Å². The number of aromatic nitrogens is 2. The molecule has 2 aliphatic rings. The van der Waals surface area contributed by atoms with Gasteiger partial charge in [-0.25, -0.2) is 4.98 Å². The molecule has 0 spiro atoms. The number of fused-ring (bicyclic) bond motifs is 2. The number of amides is 1. The summed E-state index contributed by atoms with van der Waals surface area (Å²) in [5.74, 6) is 2.13. The number of para-hydroxylation sites is 2. The van der Waals surface area contributed by atoms with Crippen LogP contribution in [0.15, 0.2) is 36.4 Å². The van der Waals surface area contributed by atoms with E-state index in [4.69, 9.17) is 18.9 Å². The summed E-state index contributed by atoms with van der Waals surface area (Å²) in [6, 6.07) is 11.4. The zero-order valence-corrected chi connectivity index (χ0v) is 16.5. The monoisotopic (exact) mass is 407 g/mol. The number of hydrogen-bond donors (Lipinski definition) is 1. The van der Waals surface area contributed by atoms with Gasteiger partial charge in [-0.3, -0.25) is 4.79 Å². The van der Waals surface area contributed by atoms with Crippen molar-refractivity contribution in [2.75, 3.05) is 40.2 Å². The highest BCUT2D eigenvalue weighted by Gasteiger charge is 2.25. The lowest BCUT2D eigenvalue weighted by molar-refractivity contribution is -0.128. The number of hydrogen-bond acceptors (Lipinski definition) is 6. The quantitative estimate of drug-likeness (QED) is 0.670. The summed E-state index contributed by atoms with van der Waals surface area (Å²) in [6.07, 6.45) is 1.81. The molecule has 3 aromatic rings. The smallest absolute Gasteiger partial charge is 0.257 e. The van der Waals surface area contributed by atoms with Crippen LogP contribution in [0, 0.1) is 0 Å². The van der Waals surface area contributed by atoms with Gasteiger partial charge < -0.3 is 28.8 Å². The van der Waals surface area contributed by atoms with Crippen LogP contribution in [-0.2, 0) is 9.53 Å². The van der Waals surface area contributed by atoms with Gasteiger partial charge in [-0.05, 0) is 35.9 Å². The second kappa shape index (κ2) is 7.72. The Morgan fingerprint density at radius 1 is 1.20 bits per heavy atom. The lowest BCUT2D eigenvalue weighted by atomic mass is 10.1. The number of methoxy groups -OCH3 is 1. The van der Waals surface area contributed by atoms with Gasteiger partial charge in [0.15, 0.2) is 11.5 Å². The van der Waals surface area contributed by atoms with E-state index in [1.807, 2.05) is 36.4 Å². The molecule has 30 heavy (non-hydrogen) atoms. The maximum absolute atomic E-state index is 13.4. The molecule has 0 unspecified atom stereocenters. The number of rotatable bonds is 4. The maximum Gasteiger partial charge on any atom is 0.257 e. The fourth-order valence-electron chi connectivity index (χ4n) is 3.65. The number of nitrogens with zero attached hydrogens (tertiary/aromatic N) is 2. The van der Waals surface area contributed by atoms with Gasteiger partial charge >= 0.3 is 0 Å². The van der Waals surface area contributed by atoms with Crippen LogP contribution in [-0.4, -0.2) is 61.0 Å². The van der Waals surface area contributed by atoms with Crippen LogP contribution < -0.4 is 14.2 Å². The molecule has 0 saturated carbocycles. The molecule has 0 atom stereocenters. The first-order valence-corrected chi connectivity index (χ1v) is 9.74. The van der Waals surface area contributed by atoms with Gasteiger partial charge in [-0.15, -0.1) is 0 Å². The van der Waals surface area contributed by atoms with Crippen molar-refractivity contribution in [2.24, 2.45) is 0 Å². The van der Waals surface area contributed by atoms with Crippen molar-refractivity contribution in [1.29, 1.82) is 0 Å². The first-order chi connectivity index (χ1) is 14.7. The Balaban J connectivity index is 1.61. The largest absolute Gasteiger partial charge is 0.493 e. The number of imidazole rings is 1. The Kier molecular flexibility index (Phi) is 4.76. The molecule has 5 rings (SSSR count). The average Bonchev–Trinajstić information content (AvgIpc) is 3.43. The van der Waals surface area contributed by atoms with Gasteiger partial charge in [0.05, 0.1) is 36.9 Å². The number of carbonyl (C=O) groups excluding carboxylic acids is 1. The number of carbonyl (C=O) groups is 1.